The van der Waals surface area contributed by atoms with E-state index in [0.29, 0.717) is 25.7 Å². The molecule has 1 aliphatic carbocycles. The molecule has 0 aromatic rings. The second-order valence-corrected chi connectivity index (χ2v) is 3.62. The summed E-state index contributed by atoms with van der Waals surface area (Å²) in [4.78, 5) is 0. The van der Waals surface area contributed by atoms with Crippen LogP contribution in [-0.2, 0) is 0 Å². The predicted octanol–water partition coefficient (Wildman–Crippen LogP) is 0.784. The molecule has 0 unspecified atom stereocenters. The van der Waals surface area contributed by atoms with Crippen LogP contribution >= 0.6 is 0 Å². The molecule has 2 N–H and O–H groups in total. The largest absolute Gasteiger partial charge is 0.396 e. The van der Waals surface area contributed by atoms with Crippen LogP contribution in [0, 0.1) is 35.5 Å². The lowest BCUT2D eigenvalue weighted by Gasteiger charge is -2.08. The summed E-state index contributed by atoms with van der Waals surface area (Å²) >= 11 is 0. The molecule has 0 atom stereocenters. The van der Waals surface area contributed by atoms with Crippen molar-refractivity contribution >= 4 is 0 Å². The van der Waals surface area contributed by atoms with Crippen molar-refractivity contribution in [3.63, 3.8) is 0 Å². The molecule has 0 amide bonds. The normalized spacial score (nSPS) is 26.7. The van der Waals surface area contributed by atoms with Crippen molar-refractivity contribution in [3.8, 4) is 23.7 Å². The maximum absolute atomic E-state index is 8.99. The molecule has 1 aliphatic rings. The zero-order valence-corrected chi connectivity index (χ0v) is 8.29. The third-order valence-corrected chi connectivity index (χ3v) is 2.33. The van der Waals surface area contributed by atoms with Crippen molar-refractivity contribution in [2.24, 2.45) is 11.8 Å². The summed E-state index contributed by atoms with van der Waals surface area (Å²) in [5.74, 6) is 12.5. The molecule has 76 valence electrons. The van der Waals surface area contributed by atoms with Gasteiger partial charge in [-0.15, -0.1) is 23.7 Å². The highest BCUT2D eigenvalue weighted by molar-refractivity contribution is 5.08. The molecule has 0 saturated carbocycles. The van der Waals surface area contributed by atoms with Gasteiger partial charge >= 0.3 is 0 Å². The second-order valence-electron chi connectivity index (χ2n) is 3.62. The summed E-state index contributed by atoms with van der Waals surface area (Å²) in [5.41, 5.74) is 0. The lowest BCUT2D eigenvalue weighted by Crippen LogP contribution is -2.07. The number of aliphatic hydroxyl groups excluding tert-OH is 2. The summed E-state index contributed by atoms with van der Waals surface area (Å²) in [6.07, 6.45) is 2.85. The van der Waals surface area contributed by atoms with Gasteiger partial charge in [0.25, 0.3) is 0 Å². The Bertz CT molecular complexity index is 224. The Morgan fingerprint density at radius 3 is 1.21 bits per heavy atom. The van der Waals surface area contributed by atoms with Gasteiger partial charge in [-0.05, 0) is 0 Å². The van der Waals surface area contributed by atoms with E-state index in [9.17, 15) is 0 Å². The van der Waals surface area contributed by atoms with Gasteiger partial charge in [0, 0.05) is 50.7 Å². The van der Waals surface area contributed by atoms with E-state index in [-0.39, 0.29) is 25.0 Å². The van der Waals surface area contributed by atoms with Crippen LogP contribution in [-0.4, -0.2) is 23.4 Å². The molecule has 0 aromatic carbocycles. The average Bonchev–Trinajstić information content (AvgIpc) is 2.25. The van der Waals surface area contributed by atoms with Gasteiger partial charge in [-0.2, -0.15) is 0 Å². The Morgan fingerprint density at radius 1 is 0.714 bits per heavy atom. The van der Waals surface area contributed by atoms with Gasteiger partial charge in [-0.3, -0.25) is 0 Å². The maximum Gasteiger partial charge on any atom is 0.0477 e. The van der Waals surface area contributed by atoms with Gasteiger partial charge in [0.1, 0.15) is 0 Å². The monoisotopic (exact) mass is 192 g/mol. The van der Waals surface area contributed by atoms with Crippen molar-refractivity contribution in [1.29, 1.82) is 0 Å². The standard InChI is InChI=1S/C12H16O2/c13-9-11-5-1-2-6-12(10-14)8-4-3-7-11/h11-14H,5-10H2. The summed E-state index contributed by atoms with van der Waals surface area (Å²) in [6, 6.07) is 0. The number of rotatable bonds is 2. The third-order valence-electron chi connectivity index (χ3n) is 2.33. The Morgan fingerprint density at radius 2 is 1.00 bits per heavy atom. The molecule has 0 heterocycles. The highest BCUT2D eigenvalue weighted by Crippen LogP contribution is 2.10. The van der Waals surface area contributed by atoms with Crippen molar-refractivity contribution in [1.82, 2.24) is 0 Å². The van der Waals surface area contributed by atoms with Crippen LogP contribution in [0.2, 0.25) is 0 Å². The Kier molecular flexibility index (Phi) is 5.15. The van der Waals surface area contributed by atoms with Crippen molar-refractivity contribution < 1.29 is 10.2 Å². The summed E-state index contributed by atoms with van der Waals surface area (Å²) < 4.78 is 0. The van der Waals surface area contributed by atoms with Crippen LogP contribution in [0.3, 0.4) is 0 Å². The first-order chi connectivity index (χ1) is 6.86. The van der Waals surface area contributed by atoms with Crippen LogP contribution in [0.25, 0.3) is 0 Å². The lowest BCUT2D eigenvalue weighted by molar-refractivity contribution is 0.228. The first-order valence-corrected chi connectivity index (χ1v) is 5.00. The van der Waals surface area contributed by atoms with E-state index >= 15 is 0 Å². The number of hydrogen-bond acceptors (Lipinski definition) is 2. The second kappa shape index (κ2) is 6.49. The number of hydrogen-bond donors (Lipinski definition) is 2. The molecule has 0 spiro atoms. The topological polar surface area (TPSA) is 40.5 Å². The Labute approximate surface area is 85.3 Å². The van der Waals surface area contributed by atoms with E-state index in [0.717, 1.165) is 0 Å². The molecule has 0 aromatic heterocycles. The van der Waals surface area contributed by atoms with Crippen LogP contribution in [0.5, 0.6) is 0 Å². The minimum absolute atomic E-state index is 0.160. The quantitative estimate of drug-likeness (QED) is 0.635. The molecule has 0 saturated heterocycles. The molecule has 0 fully saturated rings. The molecule has 2 heteroatoms. The number of aliphatic hydroxyl groups is 2. The summed E-state index contributed by atoms with van der Waals surface area (Å²) in [5, 5.41) is 18.0. The minimum atomic E-state index is 0.160. The Balaban J connectivity index is 2.54. The van der Waals surface area contributed by atoms with Crippen LogP contribution in [0.4, 0.5) is 0 Å². The maximum atomic E-state index is 8.99. The zero-order valence-electron chi connectivity index (χ0n) is 8.29. The van der Waals surface area contributed by atoms with Crippen LogP contribution in [0.1, 0.15) is 25.7 Å². The minimum Gasteiger partial charge on any atom is -0.396 e. The molecule has 0 bridgehead atoms. The molecular weight excluding hydrogens is 176 g/mol. The fraction of sp³-hybridized carbons (Fsp3) is 0.667. The molecule has 14 heavy (non-hydrogen) atoms. The van der Waals surface area contributed by atoms with Gasteiger partial charge in [-0.25, -0.2) is 0 Å². The smallest absolute Gasteiger partial charge is 0.0477 e. The highest BCUT2D eigenvalue weighted by atomic mass is 16.3. The summed E-state index contributed by atoms with van der Waals surface area (Å²) in [6.45, 7) is 0.319. The van der Waals surface area contributed by atoms with E-state index in [1.807, 2.05) is 0 Å². The molecule has 0 aliphatic heterocycles. The van der Waals surface area contributed by atoms with Gasteiger partial charge in [0.2, 0.25) is 0 Å². The van der Waals surface area contributed by atoms with Gasteiger partial charge in [0.05, 0.1) is 0 Å². The SMILES string of the molecule is OCC1CC#CCC(CO)CC#CC1. The highest BCUT2D eigenvalue weighted by Gasteiger charge is 2.06. The third kappa shape index (κ3) is 3.83. The van der Waals surface area contributed by atoms with E-state index < -0.39 is 0 Å². The zero-order chi connectivity index (χ0) is 10.2. The Hall–Kier alpha value is -0.960. The lowest BCUT2D eigenvalue weighted by atomic mass is 9.98. The van der Waals surface area contributed by atoms with E-state index in [4.69, 9.17) is 10.2 Å². The van der Waals surface area contributed by atoms with E-state index in [1.165, 1.54) is 0 Å². The van der Waals surface area contributed by atoms with Gasteiger partial charge < -0.3 is 10.2 Å². The molecular formula is C12H16O2. The van der Waals surface area contributed by atoms with Crippen molar-refractivity contribution in [2.75, 3.05) is 13.2 Å². The van der Waals surface area contributed by atoms with Gasteiger partial charge in [-0.1, -0.05) is 0 Å². The van der Waals surface area contributed by atoms with Crippen molar-refractivity contribution in [2.45, 2.75) is 25.7 Å². The summed E-state index contributed by atoms with van der Waals surface area (Å²) in [7, 11) is 0. The predicted molar refractivity (Wildman–Crippen MR) is 55.2 cm³/mol. The fourth-order valence-corrected chi connectivity index (χ4v) is 1.27. The van der Waals surface area contributed by atoms with Crippen LogP contribution < -0.4 is 0 Å². The molecule has 1 rings (SSSR count). The van der Waals surface area contributed by atoms with E-state index in [1.54, 1.807) is 0 Å². The van der Waals surface area contributed by atoms with Crippen molar-refractivity contribution in [3.05, 3.63) is 0 Å². The average molecular weight is 192 g/mol. The molecule has 2 nitrogen and oxygen atoms in total. The fourth-order valence-electron chi connectivity index (χ4n) is 1.27. The van der Waals surface area contributed by atoms with E-state index in [2.05, 4.69) is 23.7 Å². The van der Waals surface area contributed by atoms with Gasteiger partial charge in [0.15, 0.2) is 0 Å². The first kappa shape index (κ1) is 11.1. The van der Waals surface area contributed by atoms with Crippen LogP contribution in [0.15, 0.2) is 0 Å². The first-order valence-electron chi connectivity index (χ1n) is 5.00. The molecule has 0 radical (unpaired) electrons.